The molecule has 0 aromatic rings. The van der Waals surface area contributed by atoms with Crippen molar-refractivity contribution >= 4 is 12.3 Å². The quantitative estimate of drug-likeness (QED) is 0.595. The van der Waals surface area contributed by atoms with Crippen molar-refractivity contribution in [1.29, 1.82) is 0 Å². The molecule has 1 aliphatic rings. The van der Waals surface area contributed by atoms with Gasteiger partial charge in [0.1, 0.15) is 12.2 Å². The average Bonchev–Trinajstić information content (AvgIpc) is 2.57. The van der Waals surface area contributed by atoms with Crippen molar-refractivity contribution in [2.75, 3.05) is 13.2 Å². The molecule has 1 rings (SSSR count). The van der Waals surface area contributed by atoms with E-state index in [1.165, 1.54) is 0 Å². The fourth-order valence-corrected chi connectivity index (χ4v) is 2.31. The highest BCUT2D eigenvalue weighted by atomic mass is 16.7. The standard InChI is InChI=1S/C18H32O6/c1-5-13(3)11-21-17(19)23-15-8-7-9-16(10-15)24-18(20)22-12-14(4)6-2/h13-16H,5-12H2,1-4H3. The van der Waals surface area contributed by atoms with Gasteiger partial charge < -0.3 is 18.9 Å². The van der Waals surface area contributed by atoms with Gasteiger partial charge in [0.2, 0.25) is 0 Å². The van der Waals surface area contributed by atoms with Gasteiger partial charge in [-0.25, -0.2) is 9.59 Å². The number of ether oxygens (including phenoxy) is 4. The normalized spacial score (nSPS) is 23.0. The summed E-state index contributed by atoms with van der Waals surface area (Å²) in [6, 6.07) is 0. The molecular weight excluding hydrogens is 312 g/mol. The lowest BCUT2D eigenvalue weighted by Gasteiger charge is -2.28. The lowest BCUT2D eigenvalue weighted by Crippen LogP contribution is -2.32. The molecule has 140 valence electrons. The van der Waals surface area contributed by atoms with Crippen LogP contribution >= 0.6 is 0 Å². The molecule has 4 unspecified atom stereocenters. The van der Waals surface area contributed by atoms with Crippen LogP contribution in [0.15, 0.2) is 0 Å². The smallest absolute Gasteiger partial charge is 0.434 e. The highest BCUT2D eigenvalue weighted by Crippen LogP contribution is 2.24. The summed E-state index contributed by atoms with van der Waals surface area (Å²) in [7, 11) is 0. The van der Waals surface area contributed by atoms with Gasteiger partial charge in [0.25, 0.3) is 0 Å². The Kier molecular flexibility index (Phi) is 9.57. The van der Waals surface area contributed by atoms with Crippen molar-refractivity contribution in [2.24, 2.45) is 11.8 Å². The molecule has 0 bridgehead atoms. The van der Waals surface area contributed by atoms with Gasteiger partial charge in [0, 0.05) is 6.42 Å². The molecule has 0 spiro atoms. The number of carbonyl (C=O) groups is 2. The Balaban J connectivity index is 2.28. The third kappa shape index (κ3) is 8.41. The maximum absolute atomic E-state index is 11.7. The first-order chi connectivity index (χ1) is 11.4. The lowest BCUT2D eigenvalue weighted by molar-refractivity contribution is -0.0385. The number of rotatable bonds is 8. The molecule has 0 aliphatic heterocycles. The van der Waals surface area contributed by atoms with Crippen molar-refractivity contribution in [2.45, 2.75) is 78.4 Å². The van der Waals surface area contributed by atoms with Crippen molar-refractivity contribution < 1.29 is 28.5 Å². The molecule has 6 nitrogen and oxygen atoms in total. The van der Waals surface area contributed by atoms with Crippen LogP contribution in [0.1, 0.15) is 66.2 Å². The Bertz CT molecular complexity index is 350. The first kappa shape index (κ1) is 20.6. The lowest BCUT2D eigenvalue weighted by atomic mass is 9.95. The van der Waals surface area contributed by atoms with Gasteiger partial charge in [-0.05, 0) is 31.1 Å². The summed E-state index contributed by atoms with van der Waals surface area (Å²) in [5.41, 5.74) is 0. The fraction of sp³-hybridized carbons (Fsp3) is 0.889. The Morgan fingerprint density at radius 2 is 1.29 bits per heavy atom. The molecule has 0 radical (unpaired) electrons. The Labute approximate surface area is 145 Å². The van der Waals surface area contributed by atoms with Crippen LogP contribution in [0, 0.1) is 11.8 Å². The minimum atomic E-state index is -0.639. The van der Waals surface area contributed by atoms with E-state index in [-0.39, 0.29) is 12.2 Å². The fourth-order valence-electron chi connectivity index (χ4n) is 2.31. The van der Waals surface area contributed by atoms with Crippen LogP contribution in [0.3, 0.4) is 0 Å². The Morgan fingerprint density at radius 3 is 1.67 bits per heavy atom. The Hall–Kier alpha value is -1.46. The van der Waals surface area contributed by atoms with Gasteiger partial charge in [-0.3, -0.25) is 0 Å². The van der Waals surface area contributed by atoms with E-state index in [9.17, 15) is 9.59 Å². The van der Waals surface area contributed by atoms with Gasteiger partial charge >= 0.3 is 12.3 Å². The van der Waals surface area contributed by atoms with Crippen LogP contribution in [0.4, 0.5) is 9.59 Å². The molecule has 0 aromatic carbocycles. The minimum absolute atomic E-state index is 0.268. The second-order valence-electron chi connectivity index (χ2n) is 6.80. The van der Waals surface area contributed by atoms with Crippen molar-refractivity contribution in [1.82, 2.24) is 0 Å². The van der Waals surface area contributed by atoms with Crippen LogP contribution in [0.2, 0.25) is 0 Å². The van der Waals surface area contributed by atoms with Crippen molar-refractivity contribution in [3.63, 3.8) is 0 Å². The molecule has 0 N–H and O–H groups in total. The molecule has 24 heavy (non-hydrogen) atoms. The zero-order chi connectivity index (χ0) is 17.9. The highest BCUT2D eigenvalue weighted by Gasteiger charge is 2.28. The van der Waals surface area contributed by atoms with Crippen LogP contribution in [-0.4, -0.2) is 37.7 Å². The van der Waals surface area contributed by atoms with Crippen LogP contribution in [0.25, 0.3) is 0 Å². The summed E-state index contributed by atoms with van der Waals surface area (Å²) < 4.78 is 20.8. The largest absolute Gasteiger partial charge is 0.508 e. The molecule has 0 heterocycles. The maximum Gasteiger partial charge on any atom is 0.508 e. The third-order valence-electron chi connectivity index (χ3n) is 4.47. The maximum atomic E-state index is 11.7. The predicted molar refractivity (Wildman–Crippen MR) is 89.8 cm³/mol. The number of hydrogen-bond acceptors (Lipinski definition) is 6. The average molecular weight is 344 g/mol. The Morgan fingerprint density at radius 1 is 0.875 bits per heavy atom. The minimum Gasteiger partial charge on any atom is -0.434 e. The SMILES string of the molecule is CCC(C)COC(=O)OC1CCCC(OC(=O)OCC(C)CC)C1. The summed E-state index contributed by atoms with van der Waals surface area (Å²) in [6.45, 7) is 8.85. The molecular formula is C18H32O6. The first-order valence-electron chi connectivity index (χ1n) is 9.11. The molecule has 4 atom stereocenters. The number of hydrogen-bond donors (Lipinski definition) is 0. The molecule has 0 saturated heterocycles. The monoisotopic (exact) mass is 344 g/mol. The summed E-state index contributed by atoms with van der Waals surface area (Å²) in [4.78, 5) is 23.4. The van der Waals surface area contributed by atoms with Gasteiger partial charge in [-0.15, -0.1) is 0 Å². The van der Waals surface area contributed by atoms with E-state index in [1.54, 1.807) is 0 Å². The topological polar surface area (TPSA) is 71.1 Å². The van der Waals surface area contributed by atoms with E-state index in [0.717, 1.165) is 32.1 Å². The van der Waals surface area contributed by atoms with E-state index < -0.39 is 12.3 Å². The van der Waals surface area contributed by atoms with Gasteiger partial charge in [-0.2, -0.15) is 0 Å². The number of carbonyl (C=O) groups excluding carboxylic acids is 2. The first-order valence-corrected chi connectivity index (χ1v) is 9.11. The summed E-state index contributed by atoms with van der Waals surface area (Å²) in [6.07, 6.45) is 2.95. The molecule has 1 saturated carbocycles. The molecule has 6 heteroatoms. The molecule has 0 aromatic heterocycles. The summed E-state index contributed by atoms with van der Waals surface area (Å²) in [5, 5.41) is 0. The van der Waals surface area contributed by atoms with E-state index in [0.29, 0.717) is 31.5 Å². The van der Waals surface area contributed by atoms with Crippen molar-refractivity contribution in [3.05, 3.63) is 0 Å². The second-order valence-corrected chi connectivity index (χ2v) is 6.80. The van der Waals surface area contributed by atoms with Crippen LogP contribution in [-0.2, 0) is 18.9 Å². The van der Waals surface area contributed by atoms with Gasteiger partial charge in [0.05, 0.1) is 13.2 Å². The highest BCUT2D eigenvalue weighted by molar-refractivity contribution is 5.60. The van der Waals surface area contributed by atoms with Crippen LogP contribution < -0.4 is 0 Å². The summed E-state index contributed by atoms with van der Waals surface area (Å²) in [5.74, 6) is 0.639. The third-order valence-corrected chi connectivity index (χ3v) is 4.47. The zero-order valence-electron chi connectivity index (χ0n) is 15.4. The predicted octanol–water partition coefficient (Wildman–Crippen LogP) is 4.70. The molecule has 1 aliphatic carbocycles. The summed E-state index contributed by atoms with van der Waals surface area (Å²) >= 11 is 0. The molecule has 1 fully saturated rings. The van der Waals surface area contributed by atoms with Crippen molar-refractivity contribution in [3.8, 4) is 0 Å². The van der Waals surface area contributed by atoms with Gasteiger partial charge in [0.15, 0.2) is 0 Å². The van der Waals surface area contributed by atoms with E-state index in [2.05, 4.69) is 0 Å². The molecule has 0 amide bonds. The van der Waals surface area contributed by atoms with Crippen LogP contribution in [0.5, 0.6) is 0 Å². The van der Waals surface area contributed by atoms with E-state index in [1.807, 2.05) is 27.7 Å². The second kappa shape index (κ2) is 11.2. The van der Waals surface area contributed by atoms with Gasteiger partial charge in [-0.1, -0.05) is 40.5 Å². The zero-order valence-corrected chi connectivity index (χ0v) is 15.4. The van der Waals surface area contributed by atoms with E-state index >= 15 is 0 Å². The van der Waals surface area contributed by atoms with E-state index in [4.69, 9.17) is 18.9 Å².